The number of benzene rings is 1. The number of carbonyl (C=O) groups is 1. The van der Waals surface area contributed by atoms with Gasteiger partial charge in [-0.1, -0.05) is 11.2 Å². The summed E-state index contributed by atoms with van der Waals surface area (Å²) < 4.78 is 4.97. The van der Waals surface area contributed by atoms with Gasteiger partial charge in [-0.3, -0.25) is 14.9 Å². The number of carbonyl (C=O) groups excluding carboxylic acids is 1. The van der Waals surface area contributed by atoms with Crippen LogP contribution in [0.4, 0.5) is 5.69 Å². The third-order valence-corrected chi connectivity index (χ3v) is 3.46. The lowest BCUT2D eigenvalue weighted by Crippen LogP contribution is -2.26. The van der Waals surface area contributed by atoms with Gasteiger partial charge in [-0.15, -0.1) is 0 Å². The van der Waals surface area contributed by atoms with Gasteiger partial charge in [-0.25, -0.2) is 0 Å². The third-order valence-electron chi connectivity index (χ3n) is 2.62. The zero-order valence-corrected chi connectivity index (χ0v) is 12.6. The minimum Gasteiger partial charge on any atom is -0.352 e. The van der Waals surface area contributed by atoms with E-state index in [0.717, 1.165) is 0 Å². The molecule has 1 heterocycles. The third kappa shape index (κ3) is 3.63. The van der Waals surface area contributed by atoms with Gasteiger partial charge in [-0.05, 0) is 22.0 Å². The molecule has 1 N–H and O–H groups in total. The summed E-state index contributed by atoms with van der Waals surface area (Å²) in [7, 11) is 0. The van der Waals surface area contributed by atoms with Gasteiger partial charge in [0.15, 0.2) is 5.82 Å². The van der Waals surface area contributed by atoms with Gasteiger partial charge in [0, 0.05) is 26.0 Å². The molecule has 0 saturated heterocycles. The van der Waals surface area contributed by atoms with E-state index in [1.165, 1.54) is 18.2 Å². The molecule has 0 aliphatic rings. The summed E-state index contributed by atoms with van der Waals surface area (Å²) in [5, 5.41) is 17.2. The first kappa shape index (κ1) is 15.1. The largest absolute Gasteiger partial charge is 0.352 e. The number of amides is 1. The fraction of sp³-hybridized carbons (Fsp3) is 0.250. The highest BCUT2D eigenvalue weighted by atomic mass is 79.9. The molecular formula is C12H11BrN4O4. The second kappa shape index (κ2) is 6.44. The number of nitrogens with one attached hydrogen (secondary N) is 1. The van der Waals surface area contributed by atoms with Crippen LogP contribution in [0.25, 0.3) is 0 Å². The first-order valence-corrected chi connectivity index (χ1v) is 6.78. The summed E-state index contributed by atoms with van der Waals surface area (Å²) in [6, 6.07) is 4.29. The number of aryl methyl sites for hydroxylation is 1. The van der Waals surface area contributed by atoms with Crippen LogP contribution in [0.3, 0.4) is 0 Å². The van der Waals surface area contributed by atoms with E-state index in [4.69, 9.17) is 4.52 Å². The van der Waals surface area contributed by atoms with Gasteiger partial charge in [0.1, 0.15) is 4.47 Å². The summed E-state index contributed by atoms with van der Waals surface area (Å²) in [6.07, 6.45) is 0.412. The molecular weight excluding hydrogens is 344 g/mol. The molecule has 1 amide bonds. The summed E-state index contributed by atoms with van der Waals surface area (Å²) in [5.74, 6) is 0.537. The molecule has 110 valence electrons. The van der Waals surface area contributed by atoms with Crippen molar-refractivity contribution in [2.45, 2.75) is 13.3 Å². The van der Waals surface area contributed by atoms with E-state index in [2.05, 4.69) is 31.4 Å². The molecule has 0 bridgehead atoms. The fourth-order valence-corrected chi connectivity index (χ4v) is 2.25. The predicted octanol–water partition coefficient (Wildman–Crippen LogP) is 2.02. The second-order valence-electron chi connectivity index (χ2n) is 4.13. The van der Waals surface area contributed by atoms with Crippen molar-refractivity contribution in [1.29, 1.82) is 0 Å². The van der Waals surface area contributed by atoms with Crippen molar-refractivity contribution in [3.63, 3.8) is 0 Å². The first-order chi connectivity index (χ1) is 9.99. The Hall–Kier alpha value is -2.29. The maximum Gasteiger partial charge on any atom is 0.284 e. The van der Waals surface area contributed by atoms with Gasteiger partial charge in [0.25, 0.3) is 11.6 Å². The number of rotatable bonds is 5. The van der Waals surface area contributed by atoms with E-state index < -0.39 is 10.8 Å². The Kier molecular flexibility index (Phi) is 4.63. The number of hydrogen-bond acceptors (Lipinski definition) is 6. The highest BCUT2D eigenvalue weighted by Gasteiger charge is 2.19. The molecule has 8 nitrogen and oxygen atoms in total. The summed E-state index contributed by atoms with van der Waals surface area (Å²) in [5.41, 5.74) is 0.0462. The molecule has 0 aliphatic heterocycles. The van der Waals surface area contributed by atoms with Gasteiger partial charge < -0.3 is 9.84 Å². The highest BCUT2D eigenvalue weighted by Crippen LogP contribution is 2.28. The van der Waals surface area contributed by atoms with E-state index in [1.54, 1.807) is 6.92 Å². The Morgan fingerprint density at radius 1 is 1.52 bits per heavy atom. The van der Waals surface area contributed by atoms with Crippen LogP contribution in [-0.4, -0.2) is 27.5 Å². The summed E-state index contributed by atoms with van der Waals surface area (Å²) >= 11 is 3.08. The lowest BCUT2D eigenvalue weighted by molar-refractivity contribution is -0.385. The SMILES string of the molecule is Cc1nc(CCNC(=O)c2cccc([N+](=O)[O-])c2Br)no1. The number of hydrogen-bond donors (Lipinski definition) is 1. The van der Waals surface area contributed by atoms with E-state index >= 15 is 0 Å². The average Bonchev–Trinajstić information content (AvgIpc) is 2.84. The monoisotopic (exact) mass is 354 g/mol. The number of halogens is 1. The van der Waals surface area contributed by atoms with E-state index in [0.29, 0.717) is 24.7 Å². The Labute approximate surface area is 127 Å². The Bertz CT molecular complexity index is 686. The molecule has 1 aromatic heterocycles. The van der Waals surface area contributed by atoms with Gasteiger partial charge in [0.2, 0.25) is 5.89 Å². The van der Waals surface area contributed by atoms with Crippen molar-refractivity contribution in [3.8, 4) is 0 Å². The average molecular weight is 355 g/mol. The van der Waals surface area contributed by atoms with Crippen LogP contribution in [0.5, 0.6) is 0 Å². The Balaban J connectivity index is 2.00. The molecule has 0 radical (unpaired) electrons. The molecule has 0 saturated carbocycles. The van der Waals surface area contributed by atoms with Crippen LogP contribution < -0.4 is 5.32 Å². The summed E-state index contributed by atoms with van der Waals surface area (Å²) in [6.45, 7) is 1.97. The number of nitro groups is 1. The van der Waals surface area contributed by atoms with Crippen molar-refractivity contribution in [2.75, 3.05) is 6.54 Å². The highest BCUT2D eigenvalue weighted by molar-refractivity contribution is 9.10. The van der Waals surface area contributed by atoms with Crippen molar-refractivity contribution in [1.82, 2.24) is 15.5 Å². The lowest BCUT2D eigenvalue weighted by Gasteiger charge is -2.05. The van der Waals surface area contributed by atoms with Crippen LogP contribution in [0, 0.1) is 17.0 Å². The molecule has 0 spiro atoms. The van der Waals surface area contributed by atoms with Crippen LogP contribution in [0.2, 0.25) is 0 Å². The van der Waals surface area contributed by atoms with E-state index in [9.17, 15) is 14.9 Å². The molecule has 2 rings (SSSR count). The topological polar surface area (TPSA) is 111 Å². The molecule has 0 aliphatic carbocycles. The smallest absolute Gasteiger partial charge is 0.284 e. The van der Waals surface area contributed by atoms with E-state index in [1.807, 2.05) is 0 Å². The van der Waals surface area contributed by atoms with Crippen molar-refractivity contribution in [2.24, 2.45) is 0 Å². The lowest BCUT2D eigenvalue weighted by atomic mass is 10.2. The zero-order valence-electron chi connectivity index (χ0n) is 11.0. The van der Waals surface area contributed by atoms with Gasteiger partial charge >= 0.3 is 0 Å². The number of nitro benzene ring substituents is 1. The molecule has 0 fully saturated rings. The molecule has 21 heavy (non-hydrogen) atoms. The van der Waals surface area contributed by atoms with Crippen molar-refractivity contribution in [3.05, 3.63) is 50.1 Å². The maximum atomic E-state index is 12.0. The minimum atomic E-state index is -0.553. The van der Waals surface area contributed by atoms with Crippen LogP contribution in [-0.2, 0) is 6.42 Å². The number of aromatic nitrogens is 2. The van der Waals surface area contributed by atoms with Crippen LogP contribution in [0.1, 0.15) is 22.1 Å². The molecule has 9 heteroatoms. The molecule has 2 aromatic rings. The van der Waals surface area contributed by atoms with E-state index in [-0.39, 0.29) is 15.7 Å². The van der Waals surface area contributed by atoms with Gasteiger partial charge in [0.05, 0.1) is 10.5 Å². The molecule has 0 atom stereocenters. The zero-order chi connectivity index (χ0) is 15.4. The van der Waals surface area contributed by atoms with Crippen LogP contribution in [0.15, 0.2) is 27.2 Å². The second-order valence-corrected chi connectivity index (χ2v) is 4.92. The molecule has 0 unspecified atom stereocenters. The first-order valence-electron chi connectivity index (χ1n) is 5.99. The van der Waals surface area contributed by atoms with Crippen molar-refractivity contribution < 1.29 is 14.2 Å². The summed E-state index contributed by atoms with van der Waals surface area (Å²) in [4.78, 5) is 26.3. The van der Waals surface area contributed by atoms with Crippen LogP contribution >= 0.6 is 15.9 Å². The Morgan fingerprint density at radius 2 is 2.29 bits per heavy atom. The minimum absolute atomic E-state index is 0.155. The number of nitrogens with zero attached hydrogens (tertiary/aromatic N) is 3. The predicted molar refractivity (Wildman–Crippen MR) is 75.9 cm³/mol. The quantitative estimate of drug-likeness (QED) is 0.649. The Morgan fingerprint density at radius 3 is 2.90 bits per heavy atom. The van der Waals surface area contributed by atoms with Gasteiger partial charge in [-0.2, -0.15) is 4.98 Å². The van der Waals surface area contributed by atoms with Crippen molar-refractivity contribution >= 4 is 27.5 Å². The fourth-order valence-electron chi connectivity index (χ4n) is 1.66. The standard InChI is InChI=1S/C12H11BrN4O4/c1-7-15-10(16-21-7)5-6-14-12(18)8-3-2-4-9(11(8)13)17(19)20/h2-4H,5-6H2,1H3,(H,14,18). The maximum absolute atomic E-state index is 12.0. The molecule has 1 aromatic carbocycles. The normalized spacial score (nSPS) is 10.4.